The predicted molar refractivity (Wildman–Crippen MR) is 82.8 cm³/mol. The molecule has 0 fully saturated rings. The number of benzene rings is 1. The van der Waals surface area contributed by atoms with Crippen molar-refractivity contribution in [2.24, 2.45) is 0 Å². The Bertz CT molecular complexity index is 528. The van der Waals surface area contributed by atoms with E-state index < -0.39 is 21.6 Å². The highest BCUT2D eigenvalue weighted by Gasteiger charge is 2.23. The zero-order valence-corrected chi connectivity index (χ0v) is 13.4. The molecular formula is C15H23NO4S. The van der Waals surface area contributed by atoms with E-state index in [0.717, 1.165) is 12.0 Å². The average molecular weight is 313 g/mol. The molecule has 0 heterocycles. The van der Waals surface area contributed by atoms with Crippen LogP contribution >= 0.6 is 0 Å². The first-order chi connectivity index (χ1) is 9.98. The van der Waals surface area contributed by atoms with E-state index in [4.69, 9.17) is 4.74 Å². The molecular weight excluding hydrogens is 290 g/mol. The van der Waals surface area contributed by atoms with E-state index in [1.165, 1.54) is 0 Å². The topological polar surface area (TPSA) is 72.5 Å². The second-order valence-corrected chi connectivity index (χ2v) is 6.89. The zero-order chi connectivity index (χ0) is 15.7. The fourth-order valence-corrected chi connectivity index (χ4v) is 3.35. The zero-order valence-electron chi connectivity index (χ0n) is 12.5. The minimum Gasteiger partial charge on any atom is -0.465 e. The first-order valence-corrected chi connectivity index (χ1v) is 8.95. The minimum atomic E-state index is -3.52. The molecule has 1 rings (SSSR count). The lowest BCUT2D eigenvalue weighted by Gasteiger charge is -2.18. The predicted octanol–water partition coefficient (Wildman–Crippen LogP) is 1.71. The molecule has 0 aromatic heterocycles. The van der Waals surface area contributed by atoms with Crippen LogP contribution in [0, 0.1) is 0 Å². The molecule has 1 unspecified atom stereocenters. The highest BCUT2D eigenvalue weighted by atomic mass is 32.2. The summed E-state index contributed by atoms with van der Waals surface area (Å²) in [6.45, 7) is 4.57. The normalized spacial score (nSPS) is 12.9. The largest absolute Gasteiger partial charge is 0.465 e. The Balaban J connectivity index is 2.78. The molecule has 21 heavy (non-hydrogen) atoms. The van der Waals surface area contributed by atoms with Crippen molar-refractivity contribution < 1.29 is 17.9 Å². The van der Waals surface area contributed by atoms with Gasteiger partial charge in [0.1, 0.15) is 5.75 Å². The smallest absolute Gasteiger partial charge is 0.321 e. The molecule has 0 aliphatic rings. The van der Waals surface area contributed by atoms with Crippen molar-refractivity contribution >= 4 is 15.8 Å². The summed E-state index contributed by atoms with van der Waals surface area (Å²) in [6.07, 6.45) is 0.904. The maximum absolute atomic E-state index is 12.1. The summed E-state index contributed by atoms with van der Waals surface area (Å²) >= 11 is 0. The molecule has 1 aromatic rings. The molecule has 0 aliphatic carbocycles. The molecule has 0 spiro atoms. The molecule has 0 saturated heterocycles. The van der Waals surface area contributed by atoms with E-state index in [-0.39, 0.29) is 18.4 Å². The number of carbonyl (C=O) groups is 1. The minimum absolute atomic E-state index is 0.115. The third-order valence-electron chi connectivity index (χ3n) is 2.91. The van der Waals surface area contributed by atoms with Crippen LogP contribution in [0.5, 0.6) is 0 Å². The van der Waals surface area contributed by atoms with Crippen LogP contribution in [0.3, 0.4) is 0 Å². The SMILES string of the molecule is CCCNC(CS(=O)(=O)CC(=O)OCC)c1ccccc1. The van der Waals surface area contributed by atoms with Crippen LogP contribution in [-0.2, 0) is 19.4 Å². The van der Waals surface area contributed by atoms with Crippen molar-refractivity contribution in [1.29, 1.82) is 0 Å². The van der Waals surface area contributed by atoms with E-state index >= 15 is 0 Å². The van der Waals surface area contributed by atoms with Crippen molar-refractivity contribution in [3.05, 3.63) is 35.9 Å². The lowest BCUT2D eigenvalue weighted by molar-refractivity contribution is -0.139. The molecule has 0 amide bonds. The van der Waals surface area contributed by atoms with Crippen LogP contribution in [0.15, 0.2) is 30.3 Å². The Hall–Kier alpha value is -1.40. The Kier molecular flexibility index (Phi) is 7.39. The summed E-state index contributed by atoms with van der Waals surface area (Å²) in [5.74, 6) is -1.38. The number of hydrogen-bond acceptors (Lipinski definition) is 5. The Morgan fingerprint density at radius 2 is 1.90 bits per heavy atom. The third kappa shape index (κ3) is 6.73. The average Bonchev–Trinajstić information content (AvgIpc) is 2.44. The van der Waals surface area contributed by atoms with Crippen LogP contribution in [0.4, 0.5) is 0 Å². The van der Waals surface area contributed by atoms with Gasteiger partial charge in [0.05, 0.1) is 12.4 Å². The molecule has 0 saturated carbocycles. The standard InChI is InChI=1S/C15H23NO4S/c1-3-10-16-14(13-8-6-5-7-9-13)11-21(18,19)12-15(17)20-4-2/h5-9,14,16H,3-4,10-12H2,1-2H3. The summed E-state index contributed by atoms with van der Waals surface area (Å²) in [5.41, 5.74) is 0.901. The molecule has 6 heteroatoms. The van der Waals surface area contributed by atoms with Gasteiger partial charge in [0.15, 0.2) is 9.84 Å². The highest BCUT2D eigenvalue weighted by Crippen LogP contribution is 2.15. The first-order valence-electron chi connectivity index (χ1n) is 7.13. The van der Waals surface area contributed by atoms with Gasteiger partial charge in [-0.15, -0.1) is 0 Å². The van der Waals surface area contributed by atoms with E-state index in [9.17, 15) is 13.2 Å². The molecule has 0 aliphatic heterocycles. The number of hydrogen-bond donors (Lipinski definition) is 1. The molecule has 1 atom stereocenters. The maximum Gasteiger partial charge on any atom is 0.321 e. The van der Waals surface area contributed by atoms with Crippen molar-refractivity contribution in [2.75, 3.05) is 24.7 Å². The summed E-state index contributed by atoms with van der Waals surface area (Å²) in [6, 6.07) is 9.07. The van der Waals surface area contributed by atoms with Crippen molar-refractivity contribution in [1.82, 2.24) is 5.32 Å². The third-order valence-corrected chi connectivity index (χ3v) is 4.42. The van der Waals surface area contributed by atoms with Crippen LogP contribution in [-0.4, -0.2) is 39.0 Å². The van der Waals surface area contributed by atoms with Gasteiger partial charge in [0.25, 0.3) is 0 Å². The van der Waals surface area contributed by atoms with Crippen LogP contribution in [0.2, 0.25) is 0 Å². The molecule has 1 N–H and O–H groups in total. The van der Waals surface area contributed by atoms with E-state index in [2.05, 4.69) is 5.32 Å². The quantitative estimate of drug-likeness (QED) is 0.703. The number of rotatable bonds is 9. The molecule has 5 nitrogen and oxygen atoms in total. The van der Waals surface area contributed by atoms with Crippen molar-refractivity contribution in [2.45, 2.75) is 26.3 Å². The van der Waals surface area contributed by atoms with Crippen molar-refractivity contribution in [3.63, 3.8) is 0 Å². The number of carbonyl (C=O) groups excluding carboxylic acids is 1. The van der Waals surface area contributed by atoms with Crippen LogP contribution < -0.4 is 5.32 Å². The molecule has 0 bridgehead atoms. The fraction of sp³-hybridized carbons (Fsp3) is 0.533. The van der Waals surface area contributed by atoms with Gasteiger partial charge < -0.3 is 10.1 Å². The molecule has 0 radical (unpaired) electrons. The maximum atomic E-state index is 12.1. The molecule has 118 valence electrons. The van der Waals surface area contributed by atoms with Gasteiger partial charge in [-0.05, 0) is 25.5 Å². The van der Waals surface area contributed by atoms with E-state index in [1.807, 2.05) is 37.3 Å². The fourth-order valence-electron chi connectivity index (χ4n) is 1.97. The van der Waals surface area contributed by atoms with Gasteiger partial charge in [0.2, 0.25) is 0 Å². The number of nitrogens with one attached hydrogen (secondary N) is 1. The van der Waals surface area contributed by atoms with Crippen LogP contribution in [0.25, 0.3) is 0 Å². The second kappa shape index (κ2) is 8.79. The Labute approximate surface area is 126 Å². The summed E-state index contributed by atoms with van der Waals surface area (Å²) in [7, 11) is -3.52. The lowest BCUT2D eigenvalue weighted by atomic mass is 10.1. The van der Waals surface area contributed by atoms with Crippen molar-refractivity contribution in [3.8, 4) is 0 Å². The first kappa shape index (κ1) is 17.7. The number of sulfone groups is 1. The molecule has 1 aromatic carbocycles. The summed E-state index contributed by atoms with van der Waals surface area (Å²) in [5, 5.41) is 3.22. The van der Waals surface area contributed by atoms with Gasteiger partial charge in [0, 0.05) is 6.04 Å². The van der Waals surface area contributed by atoms with E-state index in [0.29, 0.717) is 6.54 Å². The Morgan fingerprint density at radius 1 is 1.24 bits per heavy atom. The van der Waals surface area contributed by atoms with Crippen LogP contribution in [0.1, 0.15) is 31.9 Å². The van der Waals surface area contributed by atoms with Gasteiger partial charge in [-0.3, -0.25) is 4.79 Å². The monoisotopic (exact) mass is 313 g/mol. The van der Waals surface area contributed by atoms with Gasteiger partial charge >= 0.3 is 5.97 Å². The van der Waals surface area contributed by atoms with Gasteiger partial charge in [-0.2, -0.15) is 0 Å². The van der Waals surface area contributed by atoms with E-state index in [1.54, 1.807) is 6.92 Å². The highest BCUT2D eigenvalue weighted by molar-refractivity contribution is 7.92. The summed E-state index contributed by atoms with van der Waals surface area (Å²) < 4.78 is 29.0. The Morgan fingerprint density at radius 3 is 2.48 bits per heavy atom. The van der Waals surface area contributed by atoms with Gasteiger partial charge in [-0.1, -0.05) is 37.3 Å². The summed E-state index contributed by atoms with van der Waals surface area (Å²) in [4.78, 5) is 11.4. The lowest BCUT2D eigenvalue weighted by Crippen LogP contribution is -2.31. The van der Waals surface area contributed by atoms with Gasteiger partial charge in [-0.25, -0.2) is 8.42 Å². The number of esters is 1. The second-order valence-electron chi connectivity index (χ2n) is 4.78. The number of ether oxygens (including phenoxy) is 1.